The number of nitrogens with zero attached hydrogens (tertiary/aromatic N) is 1. The van der Waals surface area contributed by atoms with Crippen molar-refractivity contribution >= 4 is 18.1 Å². The summed E-state index contributed by atoms with van der Waals surface area (Å²) in [7, 11) is 0. The Labute approximate surface area is 93.5 Å². The van der Waals surface area contributed by atoms with Crippen LogP contribution in [0.3, 0.4) is 0 Å². The van der Waals surface area contributed by atoms with Crippen molar-refractivity contribution in [3.63, 3.8) is 0 Å². The van der Waals surface area contributed by atoms with Crippen molar-refractivity contribution in [2.45, 2.75) is 12.5 Å². The first kappa shape index (κ1) is 12.2. The van der Waals surface area contributed by atoms with E-state index in [4.69, 9.17) is 5.73 Å². The molecule has 1 aromatic carbocycles. The van der Waals surface area contributed by atoms with Crippen LogP contribution in [0.4, 0.5) is 14.5 Å². The second-order valence-electron chi connectivity index (χ2n) is 3.62. The van der Waals surface area contributed by atoms with Gasteiger partial charge in [-0.2, -0.15) is 0 Å². The average molecular weight is 235 g/mol. The highest BCUT2D eigenvalue weighted by Crippen LogP contribution is 2.21. The molecule has 2 N–H and O–H groups in total. The molecule has 1 fully saturated rings. The first-order valence-electron chi connectivity index (χ1n) is 4.62. The lowest BCUT2D eigenvalue weighted by Crippen LogP contribution is -2.26. The van der Waals surface area contributed by atoms with Gasteiger partial charge in [-0.1, -0.05) is 0 Å². The lowest BCUT2D eigenvalue weighted by atomic mass is 10.3. The van der Waals surface area contributed by atoms with Crippen LogP contribution < -0.4 is 10.6 Å². The first-order chi connectivity index (χ1) is 6.65. The second kappa shape index (κ2) is 4.77. The zero-order valence-electron chi connectivity index (χ0n) is 8.12. The summed E-state index contributed by atoms with van der Waals surface area (Å²) in [6, 6.07) is 3.66. The second-order valence-corrected chi connectivity index (χ2v) is 3.62. The smallest absolute Gasteiger partial charge is 0.128 e. The third-order valence-electron chi connectivity index (χ3n) is 2.44. The van der Waals surface area contributed by atoms with Crippen LogP contribution in [0.15, 0.2) is 18.2 Å². The molecule has 0 saturated carbocycles. The van der Waals surface area contributed by atoms with Crippen molar-refractivity contribution in [2.75, 3.05) is 18.0 Å². The monoisotopic (exact) mass is 234 g/mol. The number of hydrogen-bond acceptors (Lipinski definition) is 2. The lowest BCUT2D eigenvalue weighted by molar-refractivity contribution is 0.582. The topological polar surface area (TPSA) is 29.3 Å². The molecular weight excluding hydrogens is 222 g/mol. The predicted molar refractivity (Wildman–Crippen MR) is 58.4 cm³/mol. The van der Waals surface area contributed by atoms with Crippen molar-refractivity contribution in [1.29, 1.82) is 0 Å². The van der Waals surface area contributed by atoms with Crippen LogP contribution in [0.1, 0.15) is 6.42 Å². The van der Waals surface area contributed by atoms with Crippen LogP contribution in [0.2, 0.25) is 0 Å². The van der Waals surface area contributed by atoms with Crippen LogP contribution in [-0.2, 0) is 0 Å². The molecule has 2 nitrogen and oxygen atoms in total. The zero-order chi connectivity index (χ0) is 10.1. The number of rotatable bonds is 1. The van der Waals surface area contributed by atoms with Gasteiger partial charge in [-0.3, -0.25) is 0 Å². The molecule has 15 heavy (non-hydrogen) atoms. The van der Waals surface area contributed by atoms with Crippen LogP contribution in [0.5, 0.6) is 0 Å². The van der Waals surface area contributed by atoms with Crippen molar-refractivity contribution in [2.24, 2.45) is 5.73 Å². The van der Waals surface area contributed by atoms with Gasteiger partial charge >= 0.3 is 0 Å². The van der Waals surface area contributed by atoms with E-state index in [0.29, 0.717) is 12.2 Å². The largest absolute Gasteiger partial charge is 0.370 e. The molecule has 0 bridgehead atoms. The molecule has 0 radical (unpaired) electrons. The van der Waals surface area contributed by atoms with Gasteiger partial charge in [-0.05, 0) is 18.6 Å². The van der Waals surface area contributed by atoms with Crippen LogP contribution in [0.25, 0.3) is 0 Å². The van der Waals surface area contributed by atoms with Gasteiger partial charge in [0.1, 0.15) is 11.6 Å². The Morgan fingerprint density at radius 3 is 2.27 bits per heavy atom. The Kier molecular flexibility index (Phi) is 3.88. The molecule has 0 amide bonds. The summed E-state index contributed by atoms with van der Waals surface area (Å²) in [6.07, 6.45) is 0.873. The van der Waals surface area contributed by atoms with Crippen LogP contribution in [-0.4, -0.2) is 19.1 Å². The minimum atomic E-state index is -0.541. The van der Waals surface area contributed by atoms with Crippen molar-refractivity contribution < 1.29 is 8.78 Å². The number of anilines is 1. The van der Waals surface area contributed by atoms with E-state index in [9.17, 15) is 8.78 Å². The maximum Gasteiger partial charge on any atom is 0.128 e. The SMILES string of the molecule is Cl.NC1CCN(c2cc(F)cc(F)c2)C1. The fourth-order valence-electron chi connectivity index (χ4n) is 1.74. The quantitative estimate of drug-likeness (QED) is 0.805. The van der Waals surface area contributed by atoms with Gasteiger partial charge < -0.3 is 10.6 Å². The van der Waals surface area contributed by atoms with Gasteiger partial charge in [0, 0.05) is 30.9 Å². The Morgan fingerprint density at radius 1 is 1.20 bits per heavy atom. The van der Waals surface area contributed by atoms with E-state index in [1.54, 1.807) is 0 Å². The van der Waals surface area contributed by atoms with Gasteiger partial charge in [-0.15, -0.1) is 12.4 Å². The molecule has 2 rings (SSSR count). The van der Waals surface area contributed by atoms with Crippen molar-refractivity contribution in [3.8, 4) is 0 Å². The van der Waals surface area contributed by atoms with Gasteiger partial charge in [0.25, 0.3) is 0 Å². The average Bonchev–Trinajstić information content (AvgIpc) is 2.50. The highest BCUT2D eigenvalue weighted by Gasteiger charge is 2.19. The Bertz CT molecular complexity index is 326. The standard InChI is InChI=1S/C10H12F2N2.ClH/c11-7-3-8(12)5-10(4-7)14-2-1-9(13)6-14;/h3-5,9H,1-2,6,13H2;1H. The molecule has 1 saturated heterocycles. The summed E-state index contributed by atoms with van der Waals surface area (Å²) >= 11 is 0. The Balaban J connectivity index is 0.00000112. The third kappa shape index (κ3) is 2.79. The van der Waals surface area contributed by atoms with E-state index >= 15 is 0 Å². The van der Waals surface area contributed by atoms with E-state index in [2.05, 4.69) is 0 Å². The molecule has 84 valence electrons. The van der Waals surface area contributed by atoms with Crippen LogP contribution in [0, 0.1) is 11.6 Å². The molecule has 1 heterocycles. The summed E-state index contributed by atoms with van der Waals surface area (Å²) in [5.41, 5.74) is 6.29. The molecule has 1 unspecified atom stereocenters. The van der Waals surface area contributed by atoms with E-state index in [1.807, 2.05) is 4.90 Å². The molecule has 0 aliphatic carbocycles. The fourth-order valence-corrected chi connectivity index (χ4v) is 1.74. The minimum Gasteiger partial charge on any atom is -0.370 e. The number of hydrogen-bond donors (Lipinski definition) is 1. The molecule has 1 aliphatic rings. The summed E-state index contributed by atoms with van der Waals surface area (Å²) < 4.78 is 25.8. The molecule has 5 heteroatoms. The van der Waals surface area contributed by atoms with Gasteiger partial charge in [0.2, 0.25) is 0 Å². The normalized spacial score (nSPS) is 20.2. The van der Waals surface area contributed by atoms with Crippen LogP contribution >= 0.6 is 12.4 Å². The minimum absolute atomic E-state index is 0. The highest BCUT2D eigenvalue weighted by molar-refractivity contribution is 5.85. The molecule has 0 spiro atoms. The Hall–Kier alpha value is -0.870. The lowest BCUT2D eigenvalue weighted by Gasteiger charge is -2.17. The summed E-state index contributed by atoms with van der Waals surface area (Å²) in [6.45, 7) is 1.44. The number of halogens is 3. The van der Waals surface area contributed by atoms with Gasteiger partial charge in [-0.25, -0.2) is 8.78 Å². The zero-order valence-corrected chi connectivity index (χ0v) is 8.94. The molecular formula is C10H13ClF2N2. The molecule has 1 atom stereocenters. The first-order valence-corrected chi connectivity index (χ1v) is 4.62. The van der Waals surface area contributed by atoms with Gasteiger partial charge in [0.05, 0.1) is 0 Å². The summed E-state index contributed by atoms with van der Waals surface area (Å²) in [5, 5.41) is 0. The number of nitrogens with two attached hydrogens (primary N) is 1. The molecule has 1 aromatic rings. The molecule has 0 aromatic heterocycles. The molecule has 1 aliphatic heterocycles. The van der Waals surface area contributed by atoms with Gasteiger partial charge in [0.15, 0.2) is 0 Å². The summed E-state index contributed by atoms with van der Waals surface area (Å²) in [4.78, 5) is 1.90. The maximum atomic E-state index is 12.9. The fraction of sp³-hybridized carbons (Fsp3) is 0.400. The van der Waals surface area contributed by atoms with E-state index < -0.39 is 11.6 Å². The highest BCUT2D eigenvalue weighted by atomic mass is 35.5. The van der Waals surface area contributed by atoms with Crippen molar-refractivity contribution in [3.05, 3.63) is 29.8 Å². The predicted octanol–water partition coefficient (Wildman–Crippen LogP) is 1.92. The number of benzene rings is 1. The summed E-state index contributed by atoms with van der Waals surface area (Å²) in [5.74, 6) is -1.08. The third-order valence-corrected chi connectivity index (χ3v) is 2.44. The Morgan fingerprint density at radius 2 is 1.80 bits per heavy atom. The van der Waals surface area contributed by atoms with E-state index in [-0.39, 0.29) is 18.4 Å². The van der Waals surface area contributed by atoms with E-state index in [1.165, 1.54) is 12.1 Å². The van der Waals surface area contributed by atoms with E-state index in [0.717, 1.165) is 19.0 Å². The van der Waals surface area contributed by atoms with Crippen molar-refractivity contribution in [1.82, 2.24) is 0 Å². The maximum absolute atomic E-state index is 12.9.